The average Bonchev–Trinajstić information content (AvgIpc) is 2.63. The Morgan fingerprint density at radius 2 is 2.17 bits per heavy atom. The van der Waals surface area contributed by atoms with Crippen LogP contribution in [0.3, 0.4) is 0 Å². The minimum atomic E-state index is -0.140. The highest BCUT2D eigenvalue weighted by molar-refractivity contribution is 6.30. The summed E-state index contributed by atoms with van der Waals surface area (Å²) in [4.78, 5) is 23.0. The summed E-state index contributed by atoms with van der Waals surface area (Å²) in [6, 6.07) is 7.56. The Balaban J connectivity index is 1.77. The summed E-state index contributed by atoms with van der Waals surface area (Å²) in [6.07, 6.45) is 4.69. The highest BCUT2D eigenvalue weighted by Gasteiger charge is 2.27. The number of carbonyl (C=O) groups excluding carboxylic acids is 1. The van der Waals surface area contributed by atoms with E-state index in [4.69, 9.17) is 16.3 Å². The zero-order valence-corrected chi connectivity index (χ0v) is 14.4. The van der Waals surface area contributed by atoms with Crippen LogP contribution >= 0.6 is 11.6 Å². The first kappa shape index (κ1) is 16.9. The second-order valence-corrected chi connectivity index (χ2v) is 6.23. The Morgan fingerprint density at radius 1 is 1.38 bits per heavy atom. The molecule has 126 valence electrons. The molecule has 6 heteroatoms. The zero-order valence-electron chi connectivity index (χ0n) is 13.6. The van der Waals surface area contributed by atoms with Gasteiger partial charge in [0.2, 0.25) is 0 Å². The van der Waals surface area contributed by atoms with Crippen molar-refractivity contribution in [2.45, 2.75) is 25.9 Å². The molecule has 1 amide bonds. The number of benzene rings is 1. The maximum atomic E-state index is 12.9. The lowest BCUT2D eigenvalue weighted by atomic mass is 10.1. The second-order valence-electron chi connectivity index (χ2n) is 5.80. The molecule has 2 aromatic rings. The third kappa shape index (κ3) is 3.74. The molecule has 3 rings (SSSR count). The molecule has 0 radical (unpaired) electrons. The van der Waals surface area contributed by atoms with Crippen LogP contribution in [0.2, 0.25) is 5.02 Å². The van der Waals surface area contributed by atoms with Gasteiger partial charge in [0, 0.05) is 17.8 Å². The Bertz CT molecular complexity index is 706. The van der Waals surface area contributed by atoms with E-state index >= 15 is 0 Å². The molecule has 2 heterocycles. The molecular formula is C18H20ClN3O2. The molecule has 0 spiro atoms. The Morgan fingerprint density at radius 3 is 2.92 bits per heavy atom. The van der Waals surface area contributed by atoms with E-state index in [-0.39, 0.29) is 12.0 Å². The number of morpholine rings is 1. The van der Waals surface area contributed by atoms with Gasteiger partial charge in [-0.1, -0.05) is 37.1 Å². The van der Waals surface area contributed by atoms with E-state index in [1.807, 2.05) is 29.2 Å². The zero-order chi connectivity index (χ0) is 16.9. The fourth-order valence-corrected chi connectivity index (χ4v) is 2.98. The topological polar surface area (TPSA) is 55.3 Å². The molecular weight excluding hydrogens is 326 g/mol. The van der Waals surface area contributed by atoms with Crippen molar-refractivity contribution in [2.24, 2.45) is 0 Å². The van der Waals surface area contributed by atoms with Gasteiger partial charge in [0.1, 0.15) is 12.4 Å². The lowest BCUT2D eigenvalue weighted by Crippen LogP contribution is -2.42. The van der Waals surface area contributed by atoms with Gasteiger partial charge in [0.25, 0.3) is 5.91 Å². The molecule has 1 saturated heterocycles. The Kier molecular flexibility index (Phi) is 5.43. The van der Waals surface area contributed by atoms with Gasteiger partial charge in [-0.05, 0) is 24.1 Å². The third-order valence-corrected chi connectivity index (χ3v) is 4.36. The van der Waals surface area contributed by atoms with Crippen molar-refractivity contribution in [3.63, 3.8) is 0 Å². The number of halogens is 1. The summed E-state index contributed by atoms with van der Waals surface area (Å²) in [7, 11) is 0. The molecule has 1 aromatic heterocycles. The van der Waals surface area contributed by atoms with Crippen LogP contribution in [0, 0.1) is 0 Å². The van der Waals surface area contributed by atoms with Crippen LogP contribution in [-0.4, -0.2) is 40.5 Å². The smallest absolute Gasteiger partial charge is 0.257 e. The molecule has 0 saturated carbocycles. The second kappa shape index (κ2) is 7.73. The minimum Gasteiger partial charge on any atom is -0.370 e. The van der Waals surface area contributed by atoms with Gasteiger partial charge in [0.05, 0.1) is 24.4 Å². The molecule has 24 heavy (non-hydrogen) atoms. The van der Waals surface area contributed by atoms with Crippen molar-refractivity contribution in [1.82, 2.24) is 14.9 Å². The van der Waals surface area contributed by atoms with Crippen molar-refractivity contribution < 1.29 is 9.53 Å². The molecule has 5 nitrogen and oxygen atoms in total. The molecule has 0 bridgehead atoms. The van der Waals surface area contributed by atoms with Crippen LogP contribution in [0.15, 0.2) is 36.8 Å². The van der Waals surface area contributed by atoms with Crippen LogP contribution in [-0.2, 0) is 11.2 Å². The monoisotopic (exact) mass is 345 g/mol. The van der Waals surface area contributed by atoms with Gasteiger partial charge < -0.3 is 9.64 Å². The molecule has 0 aliphatic carbocycles. The Labute approximate surface area is 146 Å². The quantitative estimate of drug-likeness (QED) is 0.853. The first-order chi connectivity index (χ1) is 11.7. The number of ether oxygens (including phenoxy) is 1. The Hall–Kier alpha value is -1.98. The van der Waals surface area contributed by atoms with E-state index in [1.165, 1.54) is 6.33 Å². The van der Waals surface area contributed by atoms with E-state index in [0.717, 1.165) is 24.1 Å². The summed E-state index contributed by atoms with van der Waals surface area (Å²) >= 11 is 5.94. The van der Waals surface area contributed by atoms with Gasteiger partial charge in [0.15, 0.2) is 0 Å². The van der Waals surface area contributed by atoms with Crippen molar-refractivity contribution in [2.75, 3.05) is 19.7 Å². The molecule has 1 aliphatic rings. The summed E-state index contributed by atoms with van der Waals surface area (Å²) in [5.41, 5.74) is 2.43. The van der Waals surface area contributed by atoms with Gasteiger partial charge in [-0.2, -0.15) is 0 Å². The van der Waals surface area contributed by atoms with Gasteiger partial charge in [-0.25, -0.2) is 9.97 Å². The molecule has 1 atom stereocenters. The predicted molar refractivity (Wildman–Crippen MR) is 92.1 cm³/mol. The van der Waals surface area contributed by atoms with Crippen LogP contribution in [0.5, 0.6) is 0 Å². The van der Waals surface area contributed by atoms with E-state index < -0.39 is 0 Å². The number of aromatic nitrogens is 2. The van der Waals surface area contributed by atoms with Gasteiger partial charge in [-0.3, -0.25) is 4.79 Å². The number of hydrogen-bond acceptors (Lipinski definition) is 4. The van der Waals surface area contributed by atoms with Crippen molar-refractivity contribution >= 4 is 17.5 Å². The molecule has 0 N–H and O–H groups in total. The van der Waals surface area contributed by atoms with Crippen molar-refractivity contribution in [1.29, 1.82) is 0 Å². The van der Waals surface area contributed by atoms with Crippen LogP contribution < -0.4 is 0 Å². The van der Waals surface area contributed by atoms with Crippen LogP contribution in [0.4, 0.5) is 0 Å². The maximum Gasteiger partial charge on any atom is 0.257 e. The lowest BCUT2D eigenvalue weighted by molar-refractivity contribution is -0.0228. The number of carbonyl (C=O) groups is 1. The summed E-state index contributed by atoms with van der Waals surface area (Å²) in [5.74, 6) is -0.0266. The van der Waals surface area contributed by atoms with E-state index in [2.05, 4.69) is 16.9 Å². The van der Waals surface area contributed by atoms with Crippen LogP contribution in [0.25, 0.3) is 0 Å². The first-order valence-corrected chi connectivity index (χ1v) is 8.52. The summed E-state index contributed by atoms with van der Waals surface area (Å²) in [6.45, 7) is 3.67. The number of rotatable bonds is 4. The number of aryl methyl sites for hydroxylation is 1. The lowest BCUT2D eigenvalue weighted by Gasteiger charge is -2.33. The summed E-state index contributed by atoms with van der Waals surface area (Å²) < 4.78 is 5.83. The van der Waals surface area contributed by atoms with Gasteiger partial charge in [-0.15, -0.1) is 0 Å². The minimum absolute atomic E-state index is 0.0266. The standard InChI is InChI=1S/C18H20ClN3O2/c1-2-3-16-15(10-20-12-21-16)18(23)22-8-9-24-17(11-22)13-4-6-14(19)7-5-13/h4-7,10,12,17H,2-3,8-9,11H2,1H3/t17-/m0/s1. The fraction of sp³-hybridized carbons (Fsp3) is 0.389. The molecule has 1 fully saturated rings. The SMILES string of the molecule is CCCc1ncncc1C(=O)N1CCO[C@H](c2ccc(Cl)cc2)C1. The predicted octanol–water partition coefficient (Wildman–Crippen LogP) is 3.30. The highest BCUT2D eigenvalue weighted by Crippen LogP contribution is 2.25. The average molecular weight is 346 g/mol. The normalized spacial score (nSPS) is 17.8. The van der Waals surface area contributed by atoms with Gasteiger partial charge >= 0.3 is 0 Å². The highest BCUT2D eigenvalue weighted by atomic mass is 35.5. The van der Waals surface area contributed by atoms with Crippen molar-refractivity contribution in [3.8, 4) is 0 Å². The summed E-state index contributed by atoms with van der Waals surface area (Å²) in [5, 5.41) is 0.688. The molecule has 0 unspecified atom stereocenters. The van der Waals surface area contributed by atoms with Crippen LogP contribution in [0.1, 0.15) is 41.1 Å². The molecule has 1 aliphatic heterocycles. The number of hydrogen-bond donors (Lipinski definition) is 0. The first-order valence-electron chi connectivity index (χ1n) is 8.14. The third-order valence-electron chi connectivity index (χ3n) is 4.11. The fourth-order valence-electron chi connectivity index (χ4n) is 2.85. The maximum absolute atomic E-state index is 12.9. The molecule has 1 aromatic carbocycles. The van der Waals surface area contributed by atoms with E-state index in [1.54, 1.807) is 6.20 Å². The van der Waals surface area contributed by atoms with E-state index in [9.17, 15) is 4.79 Å². The van der Waals surface area contributed by atoms with Crippen molar-refractivity contribution in [3.05, 3.63) is 58.6 Å². The largest absolute Gasteiger partial charge is 0.370 e. The number of amides is 1. The van der Waals surface area contributed by atoms with E-state index in [0.29, 0.717) is 30.3 Å². The number of nitrogens with zero attached hydrogens (tertiary/aromatic N) is 3.